The molecule has 0 rings (SSSR count). The van der Waals surface area contributed by atoms with Crippen molar-refractivity contribution < 1.29 is 30.4 Å². The zero-order valence-corrected chi connectivity index (χ0v) is 7.29. The molecule has 0 radical (unpaired) electrons. The van der Waals surface area contributed by atoms with Gasteiger partial charge in [-0.1, -0.05) is 0 Å². The summed E-state index contributed by atoms with van der Waals surface area (Å²) in [7, 11) is -5.66. The minimum atomic E-state index is -6.15. The van der Waals surface area contributed by atoms with E-state index in [9.17, 15) is 30.4 Å². The Morgan fingerprint density at radius 3 is 1.86 bits per heavy atom. The third kappa shape index (κ3) is 2.31. The first-order chi connectivity index (χ1) is 6.06. The highest BCUT2D eigenvalue weighted by molar-refractivity contribution is 7.92. The Hall–Kier alpha value is -0.910. The molecule has 0 amide bonds. The van der Waals surface area contributed by atoms with Gasteiger partial charge in [-0.05, 0) is 0 Å². The molecule has 14 heavy (non-hydrogen) atoms. The molecule has 0 atom stereocenters. The van der Waals surface area contributed by atoms with E-state index in [2.05, 4.69) is 0 Å². The van der Waals surface area contributed by atoms with Crippen LogP contribution in [0.1, 0.15) is 6.42 Å². The van der Waals surface area contributed by atoms with Gasteiger partial charge >= 0.3 is 11.4 Å². The summed E-state index contributed by atoms with van der Waals surface area (Å²) in [5, 5.41) is 2.06. The molecule has 0 bridgehead atoms. The van der Waals surface area contributed by atoms with Crippen LogP contribution in [0, 0.1) is 11.3 Å². The van der Waals surface area contributed by atoms with Gasteiger partial charge in [0.25, 0.3) is 0 Å². The standard InChI is InChI=1S/C5H4F5NO2S/c6-4(7,8)5(9,10)14(12,13)3-1-2-11/h1,3H2. The number of rotatable bonds is 3. The highest BCUT2D eigenvalue weighted by atomic mass is 32.2. The Balaban J connectivity index is 5.02. The molecular weight excluding hydrogens is 233 g/mol. The fourth-order valence-electron chi connectivity index (χ4n) is 0.485. The third-order valence-corrected chi connectivity index (χ3v) is 2.96. The summed E-state index contributed by atoms with van der Waals surface area (Å²) in [5.41, 5.74) is 0. The Morgan fingerprint density at radius 2 is 1.57 bits per heavy atom. The van der Waals surface area contributed by atoms with E-state index in [1.165, 1.54) is 6.07 Å². The first-order valence-corrected chi connectivity index (χ1v) is 4.75. The Bertz CT molecular complexity index is 338. The molecule has 0 N–H and O–H groups in total. The quantitative estimate of drug-likeness (QED) is 0.698. The van der Waals surface area contributed by atoms with E-state index < -0.39 is 33.4 Å². The second-order valence-corrected chi connectivity index (χ2v) is 4.39. The van der Waals surface area contributed by atoms with Crippen molar-refractivity contribution in [2.75, 3.05) is 5.75 Å². The minimum absolute atomic E-state index is 0.909. The van der Waals surface area contributed by atoms with Gasteiger partial charge in [0.1, 0.15) is 0 Å². The van der Waals surface area contributed by atoms with Crippen LogP contribution in [0.25, 0.3) is 0 Å². The van der Waals surface area contributed by atoms with E-state index in [1.807, 2.05) is 0 Å². The number of nitriles is 1. The average Bonchev–Trinajstić information content (AvgIpc) is 1.98. The van der Waals surface area contributed by atoms with Crippen molar-refractivity contribution >= 4 is 9.84 Å². The summed E-state index contributed by atoms with van der Waals surface area (Å²) in [4.78, 5) is 0. The number of sulfone groups is 1. The van der Waals surface area contributed by atoms with Crippen molar-refractivity contribution in [1.82, 2.24) is 0 Å². The molecule has 0 aromatic heterocycles. The van der Waals surface area contributed by atoms with Crippen molar-refractivity contribution in [3.63, 3.8) is 0 Å². The summed E-state index contributed by atoms with van der Waals surface area (Å²) in [6.07, 6.45) is -7.06. The van der Waals surface area contributed by atoms with Crippen LogP contribution in [-0.2, 0) is 9.84 Å². The largest absolute Gasteiger partial charge is 0.469 e. The van der Waals surface area contributed by atoms with Crippen LogP contribution in [0.4, 0.5) is 22.0 Å². The lowest BCUT2D eigenvalue weighted by molar-refractivity contribution is -0.241. The second kappa shape index (κ2) is 3.68. The summed E-state index contributed by atoms with van der Waals surface area (Å²) in [6.45, 7) is 0. The van der Waals surface area contributed by atoms with E-state index >= 15 is 0 Å². The van der Waals surface area contributed by atoms with Gasteiger partial charge in [-0.25, -0.2) is 8.42 Å². The summed E-state index contributed by atoms with van der Waals surface area (Å²) >= 11 is 0. The third-order valence-electron chi connectivity index (χ3n) is 1.20. The van der Waals surface area contributed by atoms with Crippen molar-refractivity contribution in [3.8, 4) is 6.07 Å². The zero-order valence-electron chi connectivity index (χ0n) is 6.48. The minimum Gasteiger partial charge on any atom is -0.222 e. The van der Waals surface area contributed by atoms with Gasteiger partial charge in [0.2, 0.25) is 9.84 Å². The molecule has 0 aliphatic carbocycles. The van der Waals surface area contributed by atoms with Crippen LogP contribution in [0.15, 0.2) is 0 Å². The van der Waals surface area contributed by atoms with E-state index in [-0.39, 0.29) is 0 Å². The molecule has 0 unspecified atom stereocenters. The molecule has 0 fully saturated rings. The molecule has 0 aromatic carbocycles. The zero-order chi connectivity index (χ0) is 11.6. The lowest BCUT2D eigenvalue weighted by atomic mass is 10.6. The van der Waals surface area contributed by atoms with Crippen molar-refractivity contribution in [2.24, 2.45) is 0 Å². The summed E-state index contributed by atoms with van der Waals surface area (Å²) < 4.78 is 79.9. The Morgan fingerprint density at radius 1 is 1.14 bits per heavy atom. The highest BCUT2D eigenvalue weighted by Crippen LogP contribution is 2.40. The molecule has 0 aliphatic rings. The molecule has 82 valence electrons. The lowest BCUT2D eigenvalue weighted by Crippen LogP contribution is -2.45. The molecule has 0 aromatic rings. The Kier molecular flexibility index (Phi) is 3.44. The van der Waals surface area contributed by atoms with Crippen molar-refractivity contribution in [3.05, 3.63) is 0 Å². The van der Waals surface area contributed by atoms with Gasteiger partial charge in [0.05, 0.1) is 11.8 Å². The van der Waals surface area contributed by atoms with Gasteiger partial charge in [-0.2, -0.15) is 27.2 Å². The first-order valence-electron chi connectivity index (χ1n) is 3.10. The molecule has 9 heteroatoms. The van der Waals surface area contributed by atoms with Crippen molar-refractivity contribution in [1.29, 1.82) is 5.26 Å². The molecule has 0 saturated heterocycles. The normalized spacial score (nSPS) is 13.7. The number of alkyl halides is 5. The van der Waals surface area contributed by atoms with Crippen LogP contribution >= 0.6 is 0 Å². The van der Waals surface area contributed by atoms with Gasteiger partial charge in [0, 0.05) is 6.42 Å². The fraction of sp³-hybridized carbons (Fsp3) is 0.800. The SMILES string of the molecule is N#CCCS(=O)(=O)C(F)(F)C(F)(F)F. The lowest BCUT2D eigenvalue weighted by Gasteiger charge is -2.18. The predicted molar refractivity (Wildman–Crippen MR) is 35.0 cm³/mol. The van der Waals surface area contributed by atoms with Gasteiger partial charge in [0.15, 0.2) is 0 Å². The molecule has 0 aliphatic heterocycles. The van der Waals surface area contributed by atoms with Crippen LogP contribution < -0.4 is 0 Å². The van der Waals surface area contributed by atoms with Gasteiger partial charge < -0.3 is 0 Å². The molecule has 0 heterocycles. The van der Waals surface area contributed by atoms with Crippen LogP contribution in [0.3, 0.4) is 0 Å². The summed E-state index contributed by atoms with van der Waals surface area (Å²) in [5.74, 6) is -1.52. The van der Waals surface area contributed by atoms with E-state index in [1.54, 1.807) is 0 Å². The smallest absolute Gasteiger partial charge is 0.222 e. The van der Waals surface area contributed by atoms with Crippen LogP contribution in [0.2, 0.25) is 0 Å². The van der Waals surface area contributed by atoms with E-state index in [4.69, 9.17) is 5.26 Å². The maximum absolute atomic E-state index is 12.2. The van der Waals surface area contributed by atoms with E-state index in [0.29, 0.717) is 0 Å². The molecular formula is C5H4F5NO2S. The van der Waals surface area contributed by atoms with Crippen LogP contribution in [-0.4, -0.2) is 25.6 Å². The molecule has 0 saturated carbocycles. The predicted octanol–water partition coefficient (Wildman–Crippen LogP) is 1.47. The molecule has 0 spiro atoms. The number of hydrogen-bond acceptors (Lipinski definition) is 3. The maximum atomic E-state index is 12.2. The fourth-order valence-corrected chi connectivity index (χ4v) is 1.45. The van der Waals surface area contributed by atoms with E-state index in [0.717, 1.165) is 0 Å². The topological polar surface area (TPSA) is 57.9 Å². The highest BCUT2D eigenvalue weighted by Gasteiger charge is 2.66. The maximum Gasteiger partial charge on any atom is 0.469 e. The number of hydrogen-bond donors (Lipinski definition) is 0. The van der Waals surface area contributed by atoms with Crippen LogP contribution in [0.5, 0.6) is 0 Å². The first kappa shape index (κ1) is 13.1. The number of nitrogens with zero attached hydrogens (tertiary/aromatic N) is 1. The molecule has 3 nitrogen and oxygen atoms in total. The average molecular weight is 237 g/mol. The summed E-state index contributed by atoms with van der Waals surface area (Å²) in [6, 6.07) is 1.17. The second-order valence-electron chi connectivity index (χ2n) is 2.24. The van der Waals surface area contributed by atoms with Gasteiger partial charge in [-0.3, -0.25) is 0 Å². The van der Waals surface area contributed by atoms with Gasteiger partial charge in [-0.15, -0.1) is 0 Å². The monoisotopic (exact) mass is 237 g/mol. The van der Waals surface area contributed by atoms with Crippen molar-refractivity contribution in [2.45, 2.75) is 17.9 Å². The Labute approximate surface area is 76.0 Å². The number of halogens is 5.